The van der Waals surface area contributed by atoms with Crippen molar-refractivity contribution in [2.24, 2.45) is 0 Å². The van der Waals surface area contributed by atoms with Crippen molar-refractivity contribution in [2.75, 3.05) is 40.9 Å². The monoisotopic (exact) mass is 940 g/mol. The average molecular weight is 940 g/mol. The second kappa shape index (κ2) is 47.2. The molecule has 0 aromatic carbocycles. The maximum absolute atomic E-state index is 12.8. The van der Waals surface area contributed by atoms with Gasteiger partial charge in [-0.3, -0.25) is 13.8 Å². The fourth-order valence-electron chi connectivity index (χ4n) is 6.88. The lowest BCUT2D eigenvalue weighted by atomic mass is 10.0. The molecule has 9 heteroatoms. The van der Waals surface area contributed by atoms with Crippen LogP contribution in [0.25, 0.3) is 0 Å². The number of phosphoric ester groups is 1. The van der Waals surface area contributed by atoms with Gasteiger partial charge in [-0.25, -0.2) is 4.57 Å². The van der Waals surface area contributed by atoms with Gasteiger partial charge < -0.3 is 19.8 Å². The van der Waals surface area contributed by atoms with E-state index in [1.165, 1.54) is 83.5 Å². The predicted molar refractivity (Wildman–Crippen MR) is 285 cm³/mol. The van der Waals surface area contributed by atoms with Crippen molar-refractivity contribution in [3.05, 3.63) is 109 Å². The van der Waals surface area contributed by atoms with Gasteiger partial charge in [0.25, 0.3) is 0 Å². The summed E-state index contributed by atoms with van der Waals surface area (Å²) in [6.45, 7) is 4.62. The number of nitrogens with one attached hydrogen (secondary N) is 1. The summed E-state index contributed by atoms with van der Waals surface area (Å²) in [5, 5.41) is 13.7. The molecular weight excluding hydrogens is 840 g/mol. The SMILES string of the molecule is CC/C=C\C/C=C\C/C=C\C/C=C\C/C=C\C/C=C\C/C=C\C/C=C\CCCCCCCCCCCCCCC(=O)NC(COP(=O)(O)OCC[N+](C)(C)C)C(O)/C=C/CCCCCCC. The Morgan fingerprint density at radius 2 is 0.909 bits per heavy atom. The number of hydrogen-bond acceptors (Lipinski definition) is 5. The first-order chi connectivity index (χ1) is 32.0. The molecule has 3 unspecified atom stereocenters. The second-order valence-corrected chi connectivity index (χ2v) is 20.0. The van der Waals surface area contributed by atoms with Crippen LogP contribution >= 0.6 is 7.82 Å². The van der Waals surface area contributed by atoms with Crippen LogP contribution in [0.2, 0.25) is 0 Å². The molecule has 0 aliphatic heterocycles. The fourth-order valence-corrected chi connectivity index (χ4v) is 7.61. The molecule has 3 atom stereocenters. The molecule has 0 fully saturated rings. The number of rotatable bonds is 46. The van der Waals surface area contributed by atoms with Gasteiger partial charge in [0.05, 0.1) is 39.9 Å². The molecule has 3 N–H and O–H groups in total. The lowest BCUT2D eigenvalue weighted by Gasteiger charge is -2.25. The van der Waals surface area contributed by atoms with Crippen LogP contribution in [-0.4, -0.2) is 73.4 Å². The van der Waals surface area contributed by atoms with E-state index in [1.54, 1.807) is 6.08 Å². The Morgan fingerprint density at radius 1 is 0.530 bits per heavy atom. The summed E-state index contributed by atoms with van der Waals surface area (Å²) in [7, 11) is 1.55. The van der Waals surface area contributed by atoms with Crippen LogP contribution in [0.4, 0.5) is 0 Å². The fraction of sp³-hybridized carbons (Fsp3) is 0.667. The Hall–Kier alpha value is -2.84. The first kappa shape index (κ1) is 63.2. The van der Waals surface area contributed by atoms with E-state index >= 15 is 0 Å². The highest BCUT2D eigenvalue weighted by molar-refractivity contribution is 7.47. The van der Waals surface area contributed by atoms with Gasteiger partial charge in [0.2, 0.25) is 5.91 Å². The quantitative estimate of drug-likeness (QED) is 0.0243. The van der Waals surface area contributed by atoms with Gasteiger partial charge in [0.15, 0.2) is 0 Å². The molecule has 0 saturated heterocycles. The molecule has 0 spiro atoms. The van der Waals surface area contributed by atoms with Crippen molar-refractivity contribution >= 4 is 13.7 Å². The summed E-state index contributed by atoms with van der Waals surface area (Å²) in [6.07, 6.45) is 69.3. The summed E-state index contributed by atoms with van der Waals surface area (Å²) in [4.78, 5) is 23.1. The number of unbranched alkanes of at least 4 members (excludes halogenated alkanes) is 17. The molecule has 0 radical (unpaired) electrons. The van der Waals surface area contributed by atoms with Crippen molar-refractivity contribution in [3.63, 3.8) is 0 Å². The van der Waals surface area contributed by atoms with Gasteiger partial charge in [-0.2, -0.15) is 0 Å². The Kier molecular flexibility index (Phi) is 45.2. The van der Waals surface area contributed by atoms with Gasteiger partial charge in [0.1, 0.15) is 13.2 Å². The lowest BCUT2D eigenvalue weighted by molar-refractivity contribution is -0.870. The number of carbonyl (C=O) groups is 1. The Labute approximate surface area is 406 Å². The van der Waals surface area contributed by atoms with E-state index in [1.807, 2.05) is 27.2 Å². The van der Waals surface area contributed by atoms with Gasteiger partial charge in [0, 0.05) is 6.42 Å². The number of amides is 1. The number of aliphatic hydroxyl groups is 1. The highest BCUT2D eigenvalue weighted by Crippen LogP contribution is 2.43. The third-order valence-corrected chi connectivity index (χ3v) is 12.0. The molecule has 1 amide bonds. The summed E-state index contributed by atoms with van der Waals surface area (Å²) < 4.78 is 23.5. The molecule has 0 aliphatic carbocycles. The largest absolute Gasteiger partial charge is 0.472 e. The van der Waals surface area contributed by atoms with Crippen LogP contribution in [0.1, 0.15) is 194 Å². The molecule has 0 aromatic heterocycles. The summed E-state index contributed by atoms with van der Waals surface area (Å²) in [6, 6.07) is -0.850. The number of allylic oxidation sites excluding steroid dienone is 17. The number of likely N-dealkylation sites (N-methyl/N-ethyl adjacent to an activating group) is 1. The maximum atomic E-state index is 12.8. The number of phosphoric acid groups is 1. The number of nitrogens with zero attached hydrogens (tertiary/aromatic N) is 1. The summed E-state index contributed by atoms with van der Waals surface area (Å²) in [5.41, 5.74) is 0. The topological polar surface area (TPSA) is 105 Å². The maximum Gasteiger partial charge on any atom is 0.472 e. The molecular formula is C57H100N2O6P+. The van der Waals surface area contributed by atoms with Crippen molar-refractivity contribution in [1.82, 2.24) is 5.32 Å². The highest BCUT2D eigenvalue weighted by Gasteiger charge is 2.27. The first-order valence-corrected chi connectivity index (χ1v) is 27.8. The number of aliphatic hydroxyl groups excluding tert-OH is 1. The van der Waals surface area contributed by atoms with Crippen LogP contribution in [0.5, 0.6) is 0 Å². The molecule has 0 bridgehead atoms. The highest BCUT2D eigenvalue weighted by atomic mass is 31.2. The zero-order valence-electron chi connectivity index (χ0n) is 42.9. The molecule has 0 aromatic rings. The van der Waals surface area contributed by atoms with Crippen molar-refractivity contribution in [3.8, 4) is 0 Å². The minimum atomic E-state index is -4.34. The zero-order valence-corrected chi connectivity index (χ0v) is 43.8. The smallest absolute Gasteiger partial charge is 0.387 e. The summed E-state index contributed by atoms with van der Waals surface area (Å²) >= 11 is 0. The second-order valence-electron chi connectivity index (χ2n) is 18.5. The Morgan fingerprint density at radius 3 is 1.33 bits per heavy atom. The van der Waals surface area contributed by atoms with Crippen molar-refractivity contribution < 1.29 is 32.9 Å². The third-order valence-electron chi connectivity index (χ3n) is 11.0. The minimum Gasteiger partial charge on any atom is -0.387 e. The summed E-state index contributed by atoms with van der Waals surface area (Å²) in [5.74, 6) is -0.189. The van der Waals surface area contributed by atoms with E-state index < -0.39 is 20.0 Å². The van der Waals surface area contributed by atoms with Crippen LogP contribution < -0.4 is 5.32 Å². The van der Waals surface area contributed by atoms with Gasteiger partial charge >= 0.3 is 7.82 Å². The normalized spacial score (nSPS) is 15.0. The Bertz CT molecular complexity index is 1440. The van der Waals surface area contributed by atoms with Crippen LogP contribution in [0, 0.1) is 0 Å². The standard InChI is InChI=1S/C57H99N2O6P/c1-6-8-10-12-14-15-16-17-18-19-20-21-22-23-24-25-26-27-28-29-30-31-32-33-34-35-36-37-38-39-40-41-42-43-45-47-49-51-57(61)58-55(56(60)50-48-46-44-13-11-9-7-2)54-65-66(62,63)64-53-52-59(3,4)5/h8,10,14-15,17-18,20-21,23-24,26-27,29-30,32-33,48,50,55-56,60H,6-7,9,11-13,16,19,22,25,28,31,34-47,49,51-54H2,1-5H3,(H-,58,61,62,63)/p+1/b10-8-,15-14-,18-17-,21-20-,24-23-,27-26-,30-29-,33-32-,50-48+. The lowest BCUT2D eigenvalue weighted by Crippen LogP contribution is -2.45. The van der Waals surface area contributed by atoms with E-state index in [0.717, 1.165) is 89.9 Å². The van der Waals surface area contributed by atoms with Crippen LogP contribution in [0.3, 0.4) is 0 Å². The van der Waals surface area contributed by atoms with Crippen LogP contribution in [-0.2, 0) is 18.4 Å². The third kappa shape index (κ3) is 49.1. The average Bonchev–Trinajstić information content (AvgIpc) is 3.28. The zero-order chi connectivity index (χ0) is 48.5. The van der Waals surface area contributed by atoms with E-state index in [-0.39, 0.29) is 19.1 Å². The first-order valence-electron chi connectivity index (χ1n) is 26.3. The minimum absolute atomic E-state index is 0.0562. The number of hydrogen-bond donors (Lipinski definition) is 3. The van der Waals surface area contributed by atoms with E-state index in [2.05, 4.69) is 116 Å². The Balaban J connectivity index is 3.97. The number of carbonyl (C=O) groups excluding carboxylic acids is 1. The molecule has 378 valence electrons. The number of quaternary nitrogens is 1. The predicted octanol–water partition coefficient (Wildman–Crippen LogP) is 15.6. The molecule has 0 aliphatic rings. The molecule has 0 heterocycles. The van der Waals surface area contributed by atoms with Gasteiger partial charge in [-0.1, -0.05) is 213 Å². The van der Waals surface area contributed by atoms with Crippen LogP contribution in [0.15, 0.2) is 109 Å². The van der Waals surface area contributed by atoms with Crippen molar-refractivity contribution in [2.45, 2.75) is 206 Å². The van der Waals surface area contributed by atoms with Gasteiger partial charge in [-0.15, -0.1) is 0 Å². The molecule has 0 saturated carbocycles. The van der Waals surface area contributed by atoms with E-state index in [9.17, 15) is 19.4 Å². The van der Waals surface area contributed by atoms with Gasteiger partial charge in [-0.05, 0) is 83.5 Å². The molecule has 8 nitrogen and oxygen atoms in total. The van der Waals surface area contributed by atoms with E-state index in [4.69, 9.17) is 9.05 Å². The molecule has 66 heavy (non-hydrogen) atoms. The molecule has 0 rings (SSSR count). The van der Waals surface area contributed by atoms with E-state index in [0.29, 0.717) is 17.4 Å². The van der Waals surface area contributed by atoms with Crippen molar-refractivity contribution in [1.29, 1.82) is 0 Å².